The van der Waals surface area contributed by atoms with Gasteiger partial charge in [0.1, 0.15) is 40.0 Å². The minimum Gasteiger partial charge on any atom is -0.507 e. The number of ether oxygens (including phenoxy) is 3. The molecule has 0 spiro atoms. The quantitative estimate of drug-likeness (QED) is 0.120. The molecule has 1 N–H and O–H groups in total. The molecule has 4 heterocycles. The van der Waals surface area contributed by atoms with Crippen molar-refractivity contribution in [2.75, 3.05) is 14.2 Å². The summed E-state index contributed by atoms with van der Waals surface area (Å²) in [6.07, 6.45) is 6.34. The number of hydrogen-bond acceptors (Lipinski definition) is 12. The molecule has 0 unspecified atom stereocenters. The van der Waals surface area contributed by atoms with E-state index in [2.05, 4.69) is 26.9 Å². The SMILES string of the molecule is COC(=S)Cl.COC(=S)Oc1c(C)c(-c2cccnc2)oc(=O)c1-c1cc(-c2ccc(F)cc2)ccc1Cl.Cc1c(-c2cccnc2)oc(=O)c(-c2cc(-c3ccc(F)cc3)ccc2Cl)c1O. The Kier molecular flexibility index (Phi) is 16.7. The first kappa shape index (κ1) is 49.6. The number of halogens is 5. The highest BCUT2D eigenvalue weighted by molar-refractivity contribution is 7.82. The zero-order valence-electron chi connectivity index (χ0n) is 35.6. The van der Waals surface area contributed by atoms with E-state index in [0.717, 1.165) is 22.3 Å². The number of aromatic nitrogens is 2. The summed E-state index contributed by atoms with van der Waals surface area (Å²) in [7, 11) is 2.79. The first-order valence-electron chi connectivity index (χ1n) is 19.6. The first-order valence-corrected chi connectivity index (χ1v) is 21.5. The van der Waals surface area contributed by atoms with Crippen molar-refractivity contribution >= 4 is 69.0 Å². The van der Waals surface area contributed by atoms with Gasteiger partial charge >= 0.3 is 16.5 Å². The Morgan fingerprint density at radius 3 is 1.45 bits per heavy atom. The Hall–Kier alpha value is -6.81. The van der Waals surface area contributed by atoms with E-state index in [4.69, 9.17) is 65.3 Å². The second kappa shape index (κ2) is 22.6. The van der Waals surface area contributed by atoms with Crippen LogP contribution in [0.25, 0.3) is 67.2 Å². The monoisotopic (exact) mass is 998 g/mol. The fourth-order valence-electron chi connectivity index (χ4n) is 6.56. The average molecular weight is 1000 g/mol. The Balaban J connectivity index is 0.000000202. The van der Waals surface area contributed by atoms with Gasteiger partial charge in [-0.3, -0.25) is 9.97 Å². The van der Waals surface area contributed by atoms with E-state index in [1.54, 1.807) is 124 Å². The maximum absolute atomic E-state index is 13.4. The molecule has 0 saturated heterocycles. The molecule has 0 aliphatic carbocycles. The number of nitrogens with zero attached hydrogens (tertiary/aromatic N) is 2. The molecule has 17 heteroatoms. The van der Waals surface area contributed by atoms with Gasteiger partial charge < -0.3 is 28.2 Å². The highest BCUT2D eigenvalue weighted by Gasteiger charge is 2.25. The summed E-state index contributed by atoms with van der Waals surface area (Å²) >= 11 is 27.1. The third kappa shape index (κ3) is 12.0. The lowest BCUT2D eigenvalue weighted by molar-refractivity contribution is 0.313. The predicted octanol–water partition coefficient (Wildman–Crippen LogP) is 13.4. The van der Waals surface area contributed by atoms with Crippen LogP contribution in [0.2, 0.25) is 10.0 Å². The van der Waals surface area contributed by atoms with E-state index in [-0.39, 0.29) is 60.5 Å². The zero-order chi connectivity index (χ0) is 48.4. The fraction of sp³-hybridized carbons (Fsp3) is 0.0800. The van der Waals surface area contributed by atoms with E-state index in [9.17, 15) is 23.5 Å². The van der Waals surface area contributed by atoms with Crippen LogP contribution in [-0.4, -0.2) is 39.0 Å². The summed E-state index contributed by atoms with van der Waals surface area (Å²) in [4.78, 5) is 34.1. The van der Waals surface area contributed by atoms with Gasteiger partial charge in [0.05, 0.1) is 14.2 Å². The summed E-state index contributed by atoms with van der Waals surface area (Å²) in [5, 5.41) is 11.2. The summed E-state index contributed by atoms with van der Waals surface area (Å²) in [6.45, 7) is 3.39. The highest BCUT2D eigenvalue weighted by atomic mass is 35.5. The lowest BCUT2D eigenvalue weighted by Gasteiger charge is -2.16. The molecule has 0 fully saturated rings. The Bertz CT molecular complexity index is 3200. The summed E-state index contributed by atoms with van der Waals surface area (Å²) in [6, 6.07) is 29.1. The topological polar surface area (TPSA) is 134 Å². The number of pyridine rings is 2. The molecule has 0 aliphatic heterocycles. The molecule has 4 aromatic carbocycles. The number of methoxy groups -OCH3 is 2. The van der Waals surface area contributed by atoms with Gasteiger partial charge in [-0.2, -0.15) is 0 Å². The van der Waals surface area contributed by atoms with E-state index >= 15 is 0 Å². The second-order valence-corrected chi connectivity index (χ2v) is 16.1. The number of benzene rings is 4. The van der Waals surface area contributed by atoms with Crippen molar-refractivity contribution in [3.63, 3.8) is 0 Å². The summed E-state index contributed by atoms with van der Waals surface area (Å²) in [5.74, 6) is -0.207. The average Bonchev–Trinajstić information content (AvgIpc) is 3.33. The molecule has 0 atom stereocenters. The molecule has 0 radical (unpaired) electrons. The number of aromatic hydroxyl groups is 1. The maximum atomic E-state index is 13.4. The van der Waals surface area contributed by atoms with Gasteiger partial charge in [0.25, 0.3) is 4.51 Å². The Morgan fingerprint density at radius 1 is 0.612 bits per heavy atom. The standard InChI is InChI=1S/C25H17ClFNO4S.C23H15ClFNO3.C2H3ClOS/c1-14-22(17-4-3-11-28-13-17)31-24(29)21(23(14)32-25(33)30-2)19-12-16(7-10-20(19)26)15-5-8-18(27)9-6-15;1-13-21(27)20(23(28)29-22(13)16-3-2-10-26-12-16)18-11-15(6-9-19(18)24)14-4-7-17(25)8-5-14;1-4-2(3)5/h3-13H,1-2H3;2-12,27H,1H3;1H3. The molecule has 8 aromatic rings. The number of rotatable bonds is 7. The molecule has 8 rings (SSSR count). The summed E-state index contributed by atoms with van der Waals surface area (Å²) < 4.78 is 52.9. The van der Waals surface area contributed by atoms with Gasteiger partial charge in [-0.1, -0.05) is 59.6 Å². The van der Waals surface area contributed by atoms with Crippen molar-refractivity contribution in [1.29, 1.82) is 0 Å². The van der Waals surface area contributed by atoms with Gasteiger partial charge in [0.15, 0.2) is 5.75 Å². The highest BCUT2D eigenvalue weighted by Crippen LogP contribution is 2.42. The van der Waals surface area contributed by atoms with E-state index in [0.29, 0.717) is 38.4 Å². The third-order valence-electron chi connectivity index (χ3n) is 9.83. The summed E-state index contributed by atoms with van der Waals surface area (Å²) in [5.41, 5.74) is 4.41. The molecule has 0 amide bonds. The molecule has 10 nitrogen and oxygen atoms in total. The van der Waals surface area contributed by atoms with Crippen LogP contribution in [0.1, 0.15) is 11.1 Å². The molecule has 340 valence electrons. The molecular weight excluding hydrogens is 965 g/mol. The minimum absolute atomic E-state index is 0.0240. The fourth-order valence-corrected chi connectivity index (χ4v) is 7.07. The second-order valence-electron chi connectivity index (χ2n) is 14.0. The van der Waals surface area contributed by atoms with E-state index < -0.39 is 11.3 Å². The molecule has 0 aliphatic rings. The van der Waals surface area contributed by atoms with Gasteiger partial charge in [0, 0.05) is 80.4 Å². The third-order valence-corrected chi connectivity index (χ3v) is 11.1. The van der Waals surface area contributed by atoms with Crippen LogP contribution in [-0.2, 0) is 9.47 Å². The minimum atomic E-state index is -0.717. The van der Waals surface area contributed by atoms with Crippen molar-refractivity contribution < 1.29 is 36.9 Å². The van der Waals surface area contributed by atoms with Crippen LogP contribution < -0.4 is 16.0 Å². The van der Waals surface area contributed by atoms with Crippen molar-refractivity contribution in [3.8, 4) is 78.7 Å². The van der Waals surface area contributed by atoms with Gasteiger partial charge in [-0.05, 0) is 133 Å². The lowest BCUT2D eigenvalue weighted by Crippen LogP contribution is -2.14. The maximum Gasteiger partial charge on any atom is 0.357 e. The number of hydrogen-bond donors (Lipinski definition) is 1. The van der Waals surface area contributed by atoms with Crippen molar-refractivity contribution in [3.05, 3.63) is 188 Å². The van der Waals surface area contributed by atoms with Crippen LogP contribution in [0.5, 0.6) is 11.5 Å². The van der Waals surface area contributed by atoms with Gasteiger partial charge in [0.2, 0.25) is 0 Å². The van der Waals surface area contributed by atoms with Gasteiger partial charge in [-0.25, -0.2) is 18.4 Å². The molecule has 4 aromatic heterocycles. The largest absolute Gasteiger partial charge is 0.507 e. The van der Waals surface area contributed by atoms with E-state index in [1.165, 1.54) is 38.5 Å². The van der Waals surface area contributed by atoms with Crippen LogP contribution >= 0.6 is 59.2 Å². The molecular formula is C50H35Cl3F2N2O8S2. The lowest BCUT2D eigenvalue weighted by atomic mass is 9.97. The molecule has 67 heavy (non-hydrogen) atoms. The smallest absolute Gasteiger partial charge is 0.357 e. The normalized spacial score (nSPS) is 10.5. The first-order chi connectivity index (χ1) is 32.1. The predicted molar refractivity (Wildman–Crippen MR) is 265 cm³/mol. The Labute approximate surface area is 407 Å². The van der Waals surface area contributed by atoms with Crippen LogP contribution in [0.4, 0.5) is 8.78 Å². The van der Waals surface area contributed by atoms with Crippen LogP contribution in [0.15, 0.2) is 152 Å². The van der Waals surface area contributed by atoms with Crippen LogP contribution in [0, 0.1) is 25.5 Å². The zero-order valence-corrected chi connectivity index (χ0v) is 39.5. The molecule has 0 bridgehead atoms. The molecule has 0 saturated carbocycles. The number of thiocarbonyl (C=S) groups is 2. The van der Waals surface area contributed by atoms with E-state index in [1.807, 2.05) is 0 Å². The van der Waals surface area contributed by atoms with Crippen LogP contribution in [0.3, 0.4) is 0 Å². The Morgan fingerprint density at radius 2 is 1.03 bits per heavy atom. The van der Waals surface area contributed by atoms with Gasteiger partial charge in [-0.15, -0.1) is 0 Å². The van der Waals surface area contributed by atoms with Crippen molar-refractivity contribution in [2.45, 2.75) is 13.8 Å². The van der Waals surface area contributed by atoms with Crippen molar-refractivity contribution in [2.24, 2.45) is 0 Å². The van der Waals surface area contributed by atoms with Crippen molar-refractivity contribution in [1.82, 2.24) is 9.97 Å².